The van der Waals surface area contributed by atoms with E-state index in [0.717, 1.165) is 13.0 Å². The first-order chi connectivity index (χ1) is 6.72. The zero-order valence-corrected chi connectivity index (χ0v) is 8.38. The van der Waals surface area contributed by atoms with Gasteiger partial charge in [-0.05, 0) is 13.3 Å². The summed E-state index contributed by atoms with van der Waals surface area (Å²) in [6.07, 6.45) is 6.56. The van der Waals surface area contributed by atoms with Crippen LogP contribution in [-0.2, 0) is 4.74 Å². The minimum absolute atomic E-state index is 0.0160. The van der Waals surface area contributed by atoms with Crippen molar-refractivity contribution >= 4 is 6.03 Å². The number of terminal acetylenes is 1. The van der Waals surface area contributed by atoms with E-state index < -0.39 is 0 Å². The molecule has 4 heteroatoms. The molecule has 0 aliphatic carbocycles. The predicted molar refractivity (Wildman–Crippen MR) is 53.8 cm³/mol. The van der Waals surface area contributed by atoms with E-state index in [1.54, 1.807) is 0 Å². The van der Waals surface area contributed by atoms with Gasteiger partial charge in [-0.2, -0.15) is 0 Å². The van der Waals surface area contributed by atoms with Gasteiger partial charge in [-0.3, -0.25) is 0 Å². The molecule has 1 heterocycles. The van der Waals surface area contributed by atoms with Crippen LogP contribution in [0.25, 0.3) is 0 Å². The van der Waals surface area contributed by atoms with Crippen LogP contribution in [-0.4, -0.2) is 31.3 Å². The van der Waals surface area contributed by atoms with Gasteiger partial charge in [0.25, 0.3) is 0 Å². The molecule has 1 rings (SSSR count). The highest BCUT2D eigenvalue weighted by atomic mass is 16.5. The van der Waals surface area contributed by atoms with Crippen molar-refractivity contribution in [3.63, 3.8) is 0 Å². The van der Waals surface area contributed by atoms with E-state index in [4.69, 9.17) is 11.2 Å². The summed E-state index contributed by atoms with van der Waals surface area (Å²) in [6, 6.07) is -0.00129. The van der Waals surface area contributed by atoms with Gasteiger partial charge in [0.2, 0.25) is 0 Å². The molecule has 2 unspecified atom stereocenters. The lowest BCUT2D eigenvalue weighted by molar-refractivity contribution is 0.188. The van der Waals surface area contributed by atoms with Gasteiger partial charge < -0.3 is 15.4 Å². The first-order valence-corrected chi connectivity index (χ1v) is 4.80. The molecule has 0 spiro atoms. The number of nitrogens with one attached hydrogen (secondary N) is 2. The van der Waals surface area contributed by atoms with Gasteiger partial charge in [-0.15, -0.1) is 12.3 Å². The molecule has 1 aliphatic heterocycles. The molecule has 0 bridgehead atoms. The van der Waals surface area contributed by atoms with Crippen LogP contribution < -0.4 is 10.6 Å². The fourth-order valence-corrected chi connectivity index (χ4v) is 1.33. The van der Waals surface area contributed by atoms with Crippen molar-refractivity contribution in [1.29, 1.82) is 0 Å². The molecule has 0 radical (unpaired) electrons. The van der Waals surface area contributed by atoms with Gasteiger partial charge in [0.1, 0.15) is 0 Å². The maximum absolute atomic E-state index is 11.3. The summed E-state index contributed by atoms with van der Waals surface area (Å²) < 4.78 is 5.14. The molecule has 1 aliphatic rings. The lowest BCUT2D eigenvalue weighted by Crippen LogP contribution is -2.45. The number of carbonyl (C=O) groups excluding carboxylic acids is 1. The Morgan fingerprint density at radius 3 is 3.14 bits per heavy atom. The third-order valence-electron chi connectivity index (χ3n) is 2.07. The van der Waals surface area contributed by atoms with Gasteiger partial charge >= 0.3 is 6.03 Å². The Hall–Kier alpha value is -1.21. The number of hydrogen-bond acceptors (Lipinski definition) is 2. The van der Waals surface area contributed by atoms with Crippen molar-refractivity contribution in [2.75, 3.05) is 13.2 Å². The molecule has 2 atom stereocenters. The molecule has 1 saturated heterocycles. The minimum Gasteiger partial charge on any atom is -0.379 e. The number of amides is 2. The Morgan fingerprint density at radius 2 is 2.57 bits per heavy atom. The van der Waals surface area contributed by atoms with Gasteiger partial charge in [-0.1, -0.05) is 0 Å². The quantitative estimate of drug-likeness (QED) is 0.645. The van der Waals surface area contributed by atoms with Crippen LogP contribution in [0.5, 0.6) is 0 Å². The second kappa shape index (κ2) is 5.51. The molecule has 0 aromatic rings. The first kappa shape index (κ1) is 10.9. The van der Waals surface area contributed by atoms with E-state index in [1.807, 2.05) is 6.92 Å². The monoisotopic (exact) mass is 196 g/mol. The van der Waals surface area contributed by atoms with E-state index in [0.29, 0.717) is 13.0 Å². The Kier molecular flexibility index (Phi) is 4.27. The van der Waals surface area contributed by atoms with Crippen molar-refractivity contribution in [1.82, 2.24) is 10.6 Å². The molecule has 2 amide bonds. The van der Waals surface area contributed by atoms with Crippen LogP contribution in [0.15, 0.2) is 0 Å². The van der Waals surface area contributed by atoms with Crippen LogP contribution in [0.4, 0.5) is 4.79 Å². The van der Waals surface area contributed by atoms with Crippen LogP contribution in [0.3, 0.4) is 0 Å². The largest absolute Gasteiger partial charge is 0.379 e. The standard InChI is InChI=1S/C10H16N2O2/c1-3-4-8(2)11-10(13)12-9-5-6-14-7-9/h1,8-9H,4-7H2,2H3,(H2,11,12,13). The molecule has 0 aromatic carbocycles. The maximum atomic E-state index is 11.3. The van der Waals surface area contributed by atoms with Crippen LogP contribution >= 0.6 is 0 Å². The Balaban J connectivity index is 2.18. The van der Waals surface area contributed by atoms with Crippen molar-refractivity contribution in [2.45, 2.75) is 31.8 Å². The Morgan fingerprint density at radius 1 is 1.79 bits per heavy atom. The average molecular weight is 196 g/mol. The van der Waals surface area contributed by atoms with E-state index in [2.05, 4.69) is 16.6 Å². The highest BCUT2D eigenvalue weighted by Gasteiger charge is 2.17. The van der Waals surface area contributed by atoms with Crippen molar-refractivity contribution in [2.24, 2.45) is 0 Å². The Bertz CT molecular complexity index is 229. The molecule has 1 fully saturated rings. The lowest BCUT2D eigenvalue weighted by atomic mass is 10.2. The number of carbonyl (C=O) groups is 1. The summed E-state index contributed by atoms with van der Waals surface area (Å²) in [6.45, 7) is 3.21. The smallest absolute Gasteiger partial charge is 0.315 e. The van der Waals surface area contributed by atoms with E-state index in [-0.39, 0.29) is 18.1 Å². The van der Waals surface area contributed by atoms with Gasteiger partial charge in [-0.25, -0.2) is 4.79 Å². The molecule has 4 nitrogen and oxygen atoms in total. The fourth-order valence-electron chi connectivity index (χ4n) is 1.33. The molecule has 0 saturated carbocycles. The summed E-state index contributed by atoms with van der Waals surface area (Å²) in [4.78, 5) is 11.3. The second-order valence-corrected chi connectivity index (χ2v) is 3.49. The van der Waals surface area contributed by atoms with Gasteiger partial charge in [0.05, 0.1) is 12.6 Å². The third-order valence-corrected chi connectivity index (χ3v) is 2.07. The van der Waals surface area contributed by atoms with E-state index >= 15 is 0 Å². The highest BCUT2D eigenvalue weighted by Crippen LogP contribution is 2.02. The van der Waals surface area contributed by atoms with Crippen LogP contribution in [0.1, 0.15) is 19.8 Å². The van der Waals surface area contributed by atoms with Crippen molar-refractivity contribution < 1.29 is 9.53 Å². The molecule has 0 aromatic heterocycles. The molecular weight excluding hydrogens is 180 g/mol. The third kappa shape index (κ3) is 3.67. The summed E-state index contributed by atoms with van der Waals surface area (Å²) in [5.74, 6) is 2.50. The molecule has 2 N–H and O–H groups in total. The highest BCUT2D eigenvalue weighted by molar-refractivity contribution is 5.74. The van der Waals surface area contributed by atoms with Crippen LogP contribution in [0.2, 0.25) is 0 Å². The fraction of sp³-hybridized carbons (Fsp3) is 0.700. The topological polar surface area (TPSA) is 50.4 Å². The minimum atomic E-state index is -0.164. The van der Waals surface area contributed by atoms with Crippen molar-refractivity contribution in [3.8, 4) is 12.3 Å². The summed E-state index contributed by atoms with van der Waals surface area (Å²) in [7, 11) is 0. The molecule has 78 valence electrons. The van der Waals surface area contributed by atoms with E-state index in [9.17, 15) is 4.79 Å². The second-order valence-electron chi connectivity index (χ2n) is 3.49. The molecular formula is C10H16N2O2. The summed E-state index contributed by atoms with van der Waals surface area (Å²) in [5, 5.41) is 5.58. The summed E-state index contributed by atoms with van der Waals surface area (Å²) in [5.41, 5.74) is 0. The van der Waals surface area contributed by atoms with E-state index in [1.165, 1.54) is 0 Å². The van der Waals surface area contributed by atoms with Crippen LogP contribution in [0, 0.1) is 12.3 Å². The zero-order valence-electron chi connectivity index (χ0n) is 8.38. The number of rotatable bonds is 3. The number of urea groups is 1. The zero-order chi connectivity index (χ0) is 10.4. The van der Waals surface area contributed by atoms with Gasteiger partial charge in [0.15, 0.2) is 0 Å². The first-order valence-electron chi connectivity index (χ1n) is 4.80. The lowest BCUT2D eigenvalue weighted by Gasteiger charge is -2.15. The average Bonchev–Trinajstić information content (AvgIpc) is 2.56. The SMILES string of the molecule is C#CCC(C)NC(=O)NC1CCOC1. The number of hydrogen-bond donors (Lipinski definition) is 2. The molecule has 14 heavy (non-hydrogen) atoms. The number of ether oxygens (including phenoxy) is 1. The normalized spacial score (nSPS) is 22.4. The maximum Gasteiger partial charge on any atom is 0.315 e. The van der Waals surface area contributed by atoms with Crippen molar-refractivity contribution in [3.05, 3.63) is 0 Å². The predicted octanol–water partition coefficient (Wildman–Crippen LogP) is 0.486. The van der Waals surface area contributed by atoms with Gasteiger partial charge in [0, 0.05) is 19.1 Å². The summed E-state index contributed by atoms with van der Waals surface area (Å²) >= 11 is 0. The Labute approximate surface area is 84.4 Å².